The molecular formula is C24H24N4O3S2. The fourth-order valence-corrected chi connectivity index (χ4v) is 6.48. The van der Waals surface area contributed by atoms with E-state index in [4.69, 9.17) is 0 Å². The van der Waals surface area contributed by atoms with E-state index >= 15 is 0 Å². The van der Waals surface area contributed by atoms with E-state index in [9.17, 15) is 14.4 Å². The van der Waals surface area contributed by atoms with Crippen LogP contribution < -0.4 is 10.7 Å². The molecule has 0 spiro atoms. The van der Waals surface area contributed by atoms with E-state index in [0.29, 0.717) is 12.0 Å². The Balaban J connectivity index is 1.34. The summed E-state index contributed by atoms with van der Waals surface area (Å²) in [5.41, 5.74) is 3.31. The van der Waals surface area contributed by atoms with Gasteiger partial charge >= 0.3 is 6.03 Å². The van der Waals surface area contributed by atoms with Crippen LogP contribution in [-0.2, 0) is 21.5 Å². The predicted molar refractivity (Wildman–Crippen MR) is 128 cm³/mol. The number of rotatable bonds is 6. The zero-order valence-corrected chi connectivity index (χ0v) is 19.7. The first-order chi connectivity index (χ1) is 16.0. The molecule has 1 saturated heterocycles. The number of hydrogen-bond donors (Lipinski definition) is 2. The Hall–Kier alpha value is -3.01. The van der Waals surface area contributed by atoms with Crippen molar-refractivity contribution in [1.82, 2.24) is 20.7 Å². The number of carbonyl (C=O) groups excluding carboxylic acids is 3. The summed E-state index contributed by atoms with van der Waals surface area (Å²) in [7, 11) is 0. The number of imide groups is 1. The molecule has 1 aromatic carbocycles. The largest absolute Gasteiger partial charge is 0.344 e. The third kappa shape index (κ3) is 3.76. The highest BCUT2D eigenvalue weighted by molar-refractivity contribution is 7.10. The second-order valence-corrected chi connectivity index (χ2v) is 10.1. The maximum atomic E-state index is 13.3. The molecule has 7 nitrogen and oxygen atoms in total. The number of nitrogens with one attached hydrogen (secondary N) is 2. The van der Waals surface area contributed by atoms with Gasteiger partial charge in [-0.05, 0) is 46.9 Å². The van der Waals surface area contributed by atoms with E-state index in [1.807, 2.05) is 48.7 Å². The average molecular weight is 481 g/mol. The third-order valence-electron chi connectivity index (χ3n) is 6.35. The highest BCUT2D eigenvalue weighted by Gasteiger charge is 2.52. The Kier molecular flexibility index (Phi) is 5.77. The quantitative estimate of drug-likeness (QED) is 0.528. The SMILES string of the molecule is CC[C@@]1(c2ccccc2)NC(=O)N(NC(=O)CN2CCc3sccc3[C@@H]2c2cccs2)C1=O. The Morgan fingerprint density at radius 1 is 1.12 bits per heavy atom. The molecule has 0 aliphatic carbocycles. The Labute approximate surface area is 200 Å². The average Bonchev–Trinajstić information content (AvgIpc) is 3.57. The van der Waals surface area contributed by atoms with Gasteiger partial charge in [-0.3, -0.25) is 19.9 Å². The molecule has 0 unspecified atom stereocenters. The lowest BCUT2D eigenvalue weighted by Gasteiger charge is -2.35. The summed E-state index contributed by atoms with van der Waals surface area (Å²) in [5, 5.41) is 7.76. The van der Waals surface area contributed by atoms with Crippen molar-refractivity contribution in [2.24, 2.45) is 0 Å². The van der Waals surface area contributed by atoms with Gasteiger partial charge in [0.1, 0.15) is 5.54 Å². The van der Waals surface area contributed by atoms with Crippen molar-refractivity contribution in [1.29, 1.82) is 0 Å². The Morgan fingerprint density at radius 3 is 2.67 bits per heavy atom. The highest BCUT2D eigenvalue weighted by atomic mass is 32.1. The fourth-order valence-electron chi connectivity index (χ4n) is 4.70. The number of amides is 4. The molecule has 4 amide bonds. The summed E-state index contributed by atoms with van der Waals surface area (Å²) in [4.78, 5) is 43.7. The Bertz CT molecular complexity index is 1180. The van der Waals surface area contributed by atoms with Crippen LogP contribution in [-0.4, -0.2) is 40.8 Å². The van der Waals surface area contributed by atoms with Crippen LogP contribution in [0.1, 0.15) is 40.3 Å². The summed E-state index contributed by atoms with van der Waals surface area (Å²) in [6.45, 7) is 2.65. The number of hydrogen-bond acceptors (Lipinski definition) is 6. The lowest BCUT2D eigenvalue weighted by Crippen LogP contribution is -2.52. The minimum Gasteiger partial charge on any atom is -0.318 e. The molecule has 2 aliphatic rings. The maximum Gasteiger partial charge on any atom is 0.344 e. The van der Waals surface area contributed by atoms with Gasteiger partial charge in [-0.2, -0.15) is 5.01 Å². The molecule has 170 valence electrons. The lowest BCUT2D eigenvalue weighted by atomic mass is 9.87. The van der Waals surface area contributed by atoms with Crippen LogP contribution in [0, 0.1) is 0 Å². The predicted octanol–water partition coefficient (Wildman–Crippen LogP) is 3.65. The van der Waals surface area contributed by atoms with Gasteiger partial charge in [-0.1, -0.05) is 43.3 Å². The van der Waals surface area contributed by atoms with Crippen LogP contribution in [0.15, 0.2) is 59.3 Å². The van der Waals surface area contributed by atoms with E-state index in [0.717, 1.165) is 18.0 Å². The molecule has 2 aromatic heterocycles. The molecule has 0 radical (unpaired) electrons. The summed E-state index contributed by atoms with van der Waals surface area (Å²) in [5.74, 6) is -0.859. The third-order valence-corrected chi connectivity index (χ3v) is 8.27. The number of thiophene rings is 2. The van der Waals surface area contributed by atoms with Crippen molar-refractivity contribution in [3.05, 3.63) is 80.2 Å². The number of urea groups is 1. The van der Waals surface area contributed by atoms with Crippen LogP contribution >= 0.6 is 22.7 Å². The minimum atomic E-state index is -1.18. The maximum absolute atomic E-state index is 13.3. The van der Waals surface area contributed by atoms with Crippen molar-refractivity contribution >= 4 is 40.5 Å². The second-order valence-electron chi connectivity index (χ2n) is 8.17. The van der Waals surface area contributed by atoms with Crippen molar-refractivity contribution in [2.45, 2.75) is 31.3 Å². The number of hydrazine groups is 1. The van der Waals surface area contributed by atoms with Gasteiger partial charge in [0.15, 0.2) is 0 Å². The van der Waals surface area contributed by atoms with Gasteiger partial charge in [0.2, 0.25) is 0 Å². The number of fused-ring (bicyclic) bond motifs is 1. The lowest BCUT2D eigenvalue weighted by molar-refractivity contribution is -0.140. The molecule has 33 heavy (non-hydrogen) atoms. The second kappa shape index (κ2) is 8.74. The topological polar surface area (TPSA) is 81.8 Å². The van der Waals surface area contributed by atoms with Crippen LogP contribution in [0.4, 0.5) is 4.79 Å². The zero-order chi connectivity index (χ0) is 23.0. The highest BCUT2D eigenvalue weighted by Crippen LogP contribution is 2.39. The van der Waals surface area contributed by atoms with Gasteiger partial charge in [-0.15, -0.1) is 22.7 Å². The van der Waals surface area contributed by atoms with Crippen molar-refractivity contribution < 1.29 is 14.4 Å². The van der Waals surface area contributed by atoms with Gasteiger partial charge < -0.3 is 5.32 Å². The fraction of sp³-hybridized carbons (Fsp3) is 0.292. The molecule has 0 bridgehead atoms. The molecule has 2 N–H and O–H groups in total. The summed E-state index contributed by atoms with van der Waals surface area (Å²) < 4.78 is 0. The first kappa shape index (κ1) is 21.8. The van der Waals surface area contributed by atoms with Gasteiger partial charge in [0, 0.05) is 16.3 Å². The van der Waals surface area contributed by atoms with Crippen molar-refractivity contribution in [2.75, 3.05) is 13.1 Å². The molecule has 2 aliphatic heterocycles. The van der Waals surface area contributed by atoms with E-state index in [-0.39, 0.29) is 12.6 Å². The first-order valence-electron chi connectivity index (χ1n) is 10.9. The van der Waals surface area contributed by atoms with Crippen molar-refractivity contribution in [3.63, 3.8) is 0 Å². The van der Waals surface area contributed by atoms with Gasteiger partial charge in [-0.25, -0.2) is 4.79 Å². The molecule has 5 rings (SSSR count). The van der Waals surface area contributed by atoms with E-state index in [1.165, 1.54) is 15.3 Å². The molecule has 2 atom stereocenters. The minimum absolute atomic E-state index is 0.00657. The van der Waals surface area contributed by atoms with Crippen LogP contribution in [0.25, 0.3) is 0 Å². The normalized spacial score (nSPS) is 22.8. The molecule has 1 fully saturated rings. The molecule has 3 aromatic rings. The van der Waals surface area contributed by atoms with Crippen LogP contribution in [0.2, 0.25) is 0 Å². The zero-order valence-electron chi connectivity index (χ0n) is 18.1. The molecule has 4 heterocycles. The van der Waals surface area contributed by atoms with E-state index < -0.39 is 23.4 Å². The van der Waals surface area contributed by atoms with Gasteiger partial charge in [0.05, 0.1) is 12.6 Å². The molecule has 9 heteroatoms. The number of benzene rings is 1. The monoisotopic (exact) mass is 480 g/mol. The standard InChI is InChI=1S/C24H24N4O3S2/c1-2-24(16-7-4-3-5-8-16)22(30)28(23(31)25-24)26-20(29)15-27-12-10-18-17(11-14-33-18)21(27)19-9-6-13-32-19/h3-9,11,13-14,21H,2,10,12,15H2,1H3,(H,25,31)(H,26,29)/t21-,24+/m1/s1. The first-order valence-corrected chi connectivity index (χ1v) is 12.6. The van der Waals surface area contributed by atoms with Crippen molar-refractivity contribution in [3.8, 4) is 0 Å². The summed E-state index contributed by atoms with van der Waals surface area (Å²) >= 11 is 3.41. The van der Waals surface area contributed by atoms with Gasteiger partial charge in [0.25, 0.3) is 11.8 Å². The number of nitrogens with zero attached hydrogens (tertiary/aromatic N) is 2. The Morgan fingerprint density at radius 2 is 1.94 bits per heavy atom. The van der Waals surface area contributed by atoms with Crippen LogP contribution in [0.3, 0.4) is 0 Å². The molecule has 0 saturated carbocycles. The van der Waals surface area contributed by atoms with E-state index in [1.54, 1.807) is 22.7 Å². The molecular weight excluding hydrogens is 456 g/mol. The summed E-state index contributed by atoms with van der Waals surface area (Å²) in [6, 6.07) is 14.7. The number of carbonyl (C=O) groups is 3. The van der Waals surface area contributed by atoms with E-state index in [2.05, 4.69) is 33.2 Å². The summed E-state index contributed by atoms with van der Waals surface area (Å²) in [6.07, 6.45) is 1.25. The van der Waals surface area contributed by atoms with Crippen LogP contribution in [0.5, 0.6) is 0 Å². The smallest absolute Gasteiger partial charge is 0.318 e.